The molecule has 1 saturated heterocycles. The Morgan fingerprint density at radius 3 is 2.95 bits per heavy atom. The molecule has 1 aliphatic rings. The second kappa shape index (κ2) is 7.03. The SMILES string of the molecule is CCN1CCOC(COc2ccc(B(O)O)c(F)c2)C1. The van der Waals surface area contributed by atoms with E-state index in [0.717, 1.165) is 25.7 Å². The number of likely N-dealkylation sites (N-methyl/N-ethyl adjacent to an activating group) is 1. The molecule has 2 rings (SSSR count). The molecule has 1 aromatic carbocycles. The zero-order valence-corrected chi connectivity index (χ0v) is 11.5. The van der Waals surface area contributed by atoms with Crippen molar-refractivity contribution in [3.8, 4) is 5.75 Å². The Morgan fingerprint density at radius 2 is 2.30 bits per heavy atom. The number of morpholine rings is 1. The summed E-state index contributed by atoms with van der Waals surface area (Å²) in [5.74, 6) is -0.346. The molecular weight excluding hydrogens is 264 g/mol. The highest BCUT2D eigenvalue weighted by Gasteiger charge is 2.20. The van der Waals surface area contributed by atoms with E-state index in [4.69, 9.17) is 19.5 Å². The summed E-state index contributed by atoms with van der Waals surface area (Å²) < 4.78 is 24.6. The van der Waals surface area contributed by atoms with Crippen molar-refractivity contribution in [3.05, 3.63) is 24.0 Å². The zero-order chi connectivity index (χ0) is 14.5. The lowest BCUT2D eigenvalue weighted by atomic mass is 9.80. The van der Waals surface area contributed by atoms with E-state index in [1.165, 1.54) is 12.1 Å². The highest BCUT2D eigenvalue weighted by Crippen LogP contribution is 2.13. The van der Waals surface area contributed by atoms with Gasteiger partial charge in [-0.25, -0.2) is 4.39 Å². The Labute approximate surface area is 118 Å². The van der Waals surface area contributed by atoms with E-state index in [-0.39, 0.29) is 11.6 Å². The van der Waals surface area contributed by atoms with E-state index in [1.54, 1.807) is 0 Å². The third-order valence-corrected chi connectivity index (χ3v) is 3.36. The molecule has 0 saturated carbocycles. The first kappa shape index (κ1) is 15.2. The molecule has 1 aliphatic heterocycles. The summed E-state index contributed by atoms with van der Waals surface area (Å²) in [7, 11) is -1.82. The molecule has 20 heavy (non-hydrogen) atoms. The minimum Gasteiger partial charge on any atom is -0.491 e. The van der Waals surface area contributed by atoms with Gasteiger partial charge in [0.25, 0.3) is 0 Å². The molecule has 5 nitrogen and oxygen atoms in total. The van der Waals surface area contributed by atoms with Crippen LogP contribution in [0.15, 0.2) is 18.2 Å². The monoisotopic (exact) mass is 283 g/mol. The van der Waals surface area contributed by atoms with Crippen molar-refractivity contribution in [1.29, 1.82) is 0 Å². The zero-order valence-electron chi connectivity index (χ0n) is 11.5. The summed E-state index contributed by atoms with van der Waals surface area (Å²) in [6.07, 6.45) is -0.0325. The Bertz CT molecular complexity index is 446. The van der Waals surface area contributed by atoms with Crippen LogP contribution >= 0.6 is 0 Å². The molecule has 1 aromatic rings. The predicted molar refractivity (Wildman–Crippen MR) is 73.6 cm³/mol. The first-order valence-corrected chi connectivity index (χ1v) is 6.72. The molecule has 7 heteroatoms. The van der Waals surface area contributed by atoms with Crippen LogP contribution in [-0.4, -0.2) is 61.0 Å². The quantitative estimate of drug-likeness (QED) is 0.720. The van der Waals surface area contributed by atoms with Crippen molar-refractivity contribution >= 4 is 12.6 Å². The molecule has 110 valence electrons. The summed E-state index contributed by atoms with van der Waals surface area (Å²) in [6, 6.07) is 3.96. The lowest BCUT2D eigenvalue weighted by Gasteiger charge is -2.31. The smallest absolute Gasteiger partial charge is 0.491 e. The fourth-order valence-corrected chi connectivity index (χ4v) is 2.16. The van der Waals surface area contributed by atoms with Gasteiger partial charge < -0.3 is 19.5 Å². The van der Waals surface area contributed by atoms with Gasteiger partial charge in [-0.3, -0.25) is 4.90 Å². The highest BCUT2D eigenvalue weighted by molar-refractivity contribution is 6.58. The summed E-state index contributed by atoms with van der Waals surface area (Å²) in [5, 5.41) is 17.9. The van der Waals surface area contributed by atoms with Crippen LogP contribution < -0.4 is 10.2 Å². The molecule has 1 heterocycles. The van der Waals surface area contributed by atoms with Crippen LogP contribution in [0.2, 0.25) is 0 Å². The van der Waals surface area contributed by atoms with Gasteiger partial charge in [-0.15, -0.1) is 0 Å². The Kier molecular flexibility index (Phi) is 5.36. The first-order chi connectivity index (χ1) is 9.60. The molecule has 1 fully saturated rings. The summed E-state index contributed by atoms with van der Waals surface area (Å²) in [4.78, 5) is 2.27. The molecule has 1 atom stereocenters. The fraction of sp³-hybridized carbons (Fsp3) is 0.538. The predicted octanol–water partition coefficient (Wildman–Crippen LogP) is -0.395. The van der Waals surface area contributed by atoms with E-state index in [2.05, 4.69) is 11.8 Å². The van der Waals surface area contributed by atoms with Crippen molar-refractivity contribution in [2.75, 3.05) is 32.8 Å². The van der Waals surface area contributed by atoms with E-state index in [1.807, 2.05) is 0 Å². The number of ether oxygens (including phenoxy) is 2. The Morgan fingerprint density at radius 1 is 1.50 bits per heavy atom. The molecule has 0 amide bonds. The number of halogens is 1. The minimum absolute atomic E-state index is 0.0325. The Balaban J connectivity index is 1.89. The van der Waals surface area contributed by atoms with Gasteiger partial charge in [-0.1, -0.05) is 13.0 Å². The fourth-order valence-electron chi connectivity index (χ4n) is 2.16. The third-order valence-electron chi connectivity index (χ3n) is 3.36. The molecule has 0 spiro atoms. The second-order valence-corrected chi connectivity index (χ2v) is 4.75. The maximum absolute atomic E-state index is 13.5. The van der Waals surface area contributed by atoms with Gasteiger partial charge in [-0.2, -0.15) is 0 Å². The van der Waals surface area contributed by atoms with Gasteiger partial charge in [0.2, 0.25) is 0 Å². The number of nitrogens with zero attached hydrogens (tertiary/aromatic N) is 1. The van der Waals surface area contributed by atoms with Gasteiger partial charge in [0.1, 0.15) is 24.3 Å². The second-order valence-electron chi connectivity index (χ2n) is 4.75. The molecule has 0 aromatic heterocycles. The van der Waals surface area contributed by atoms with E-state index < -0.39 is 12.9 Å². The maximum Gasteiger partial charge on any atom is 0.491 e. The number of hydrogen-bond donors (Lipinski definition) is 2. The van der Waals surface area contributed by atoms with E-state index >= 15 is 0 Å². The molecule has 1 unspecified atom stereocenters. The van der Waals surface area contributed by atoms with Crippen LogP contribution in [0.4, 0.5) is 4.39 Å². The van der Waals surface area contributed by atoms with Crippen LogP contribution in [0.25, 0.3) is 0 Å². The topological polar surface area (TPSA) is 62.2 Å². The van der Waals surface area contributed by atoms with Crippen molar-refractivity contribution < 1.29 is 23.9 Å². The minimum atomic E-state index is -1.82. The van der Waals surface area contributed by atoms with Crippen LogP contribution in [0.3, 0.4) is 0 Å². The van der Waals surface area contributed by atoms with E-state index in [9.17, 15) is 4.39 Å². The number of hydrogen-bond acceptors (Lipinski definition) is 5. The molecule has 0 aliphatic carbocycles. The highest BCUT2D eigenvalue weighted by atomic mass is 19.1. The molecule has 0 bridgehead atoms. The van der Waals surface area contributed by atoms with Crippen molar-refractivity contribution in [3.63, 3.8) is 0 Å². The largest absolute Gasteiger partial charge is 0.491 e. The maximum atomic E-state index is 13.5. The van der Waals surface area contributed by atoms with E-state index in [0.29, 0.717) is 19.0 Å². The summed E-state index contributed by atoms with van der Waals surface area (Å²) in [6.45, 7) is 5.80. The van der Waals surface area contributed by atoms with Gasteiger partial charge >= 0.3 is 7.12 Å². The Hall–Kier alpha value is -1.15. The van der Waals surface area contributed by atoms with Gasteiger partial charge in [0.05, 0.1) is 6.61 Å². The lowest BCUT2D eigenvalue weighted by molar-refractivity contribution is -0.0464. The standard InChI is InChI=1S/C13H19BFNO4/c1-2-16-5-6-19-11(8-16)9-20-10-3-4-12(14(17)18)13(15)7-10/h3-4,7,11,17-18H,2,5-6,8-9H2,1H3. The van der Waals surface area contributed by atoms with Crippen LogP contribution in [0.1, 0.15) is 6.92 Å². The van der Waals surface area contributed by atoms with Crippen molar-refractivity contribution in [2.45, 2.75) is 13.0 Å². The van der Waals surface area contributed by atoms with Crippen LogP contribution in [-0.2, 0) is 4.74 Å². The normalized spacial score (nSPS) is 19.9. The number of benzene rings is 1. The third kappa shape index (κ3) is 3.93. The molecule has 2 N–H and O–H groups in total. The lowest BCUT2D eigenvalue weighted by Crippen LogP contribution is -2.44. The number of rotatable bonds is 5. The molecule has 0 radical (unpaired) electrons. The molecular formula is C13H19BFNO4. The van der Waals surface area contributed by atoms with Gasteiger partial charge in [0.15, 0.2) is 0 Å². The van der Waals surface area contributed by atoms with Gasteiger partial charge in [0, 0.05) is 24.6 Å². The first-order valence-electron chi connectivity index (χ1n) is 6.72. The van der Waals surface area contributed by atoms with Crippen molar-refractivity contribution in [2.24, 2.45) is 0 Å². The van der Waals surface area contributed by atoms with Crippen molar-refractivity contribution in [1.82, 2.24) is 4.90 Å². The average molecular weight is 283 g/mol. The average Bonchev–Trinajstić information content (AvgIpc) is 2.45. The summed E-state index contributed by atoms with van der Waals surface area (Å²) in [5.41, 5.74) is -0.163. The van der Waals surface area contributed by atoms with Crippen LogP contribution in [0.5, 0.6) is 5.75 Å². The van der Waals surface area contributed by atoms with Crippen LogP contribution in [0, 0.1) is 5.82 Å². The summed E-state index contributed by atoms with van der Waals surface area (Å²) >= 11 is 0. The van der Waals surface area contributed by atoms with Gasteiger partial charge in [-0.05, 0) is 12.6 Å².